The van der Waals surface area contributed by atoms with Gasteiger partial charge >= 0.3 is 0 Å². The van der Waals surface area contributed by atoms with Crippen LogP contribution in [0, 0.1) is 6.92 Å². The van der Waals surface area contributed by atoms with Gasteiger partial charge in [0.2, 0.25) is 5.91 Å². The number of nitrogens with one attached hydrogen (secondary N) is 1. The highest BCUT2D eigenvalue weighted by molar-refractivity contribution is 7.99. The molecule has 112 valence electrons. The Labute approximate surface area is 126 Å². The van der Waals surface area contributed by atoms with E-state index in [4.69, 9.17) is 5.73 Å². The van der Waals surface area contributed by atoms with Crippen LogP contribution >= 0.6 is 11.8 Å². The molecule has 0 unspecified atom stereocenters. The SMILES string of the molecule is CCCCCSCCCC(=O)Nc1cc(N)ccc1C. The zero-order chi connectivity index (χ0) is 14.8. The number of hydrogen-bond acceptors (Lipinski definition) is 3. The third-order valence-electron chi connectivity index (χ3n) is 3.12. The van der Waals surface area contributed by atoms with Crippen molar-refractivity contribution in [2.24, 2.45) is 0 Å². The maximum Gasteiger partial charge on any atom is 0.224 e. The second-order valence-electron chi connectivity index (χ2n) is 5.05. The van der Waals surface area contributed by atoms with Crippen LogP contribution in [0.3, 0.4) is 0 Å². The van der Waals surface area contributed by atoms with Crippen molar-refractivity contribution in [1.29, 1.82) is 0 Å². The van der Waals surface area contributed by atoms with Crippen molar-refractivity contribution in [2.45, 2.75) is 46.0 Å². The highest BCUT2D eigenvalue weighted by Crippen LogP contribution is 2.18. The summed E-state index contributed by atoms with van der Waals surface area (Å²) >= 11 is 1.95. The number of hydrogen-bond donors (Lipinski definition) is 2. The van der Waals surface area contributed by atoms with E-state index in [1.54, 1.807) is 0 Å². The highest BCUT2D eigenvalue weighted by atomic mass is 32.2. The van der Waals surface area contributed by atoms with Gasteiger partial charge in [0.05, 0.1) is 0 Å². The largest absolute Gasteiger partial charge is 0.399 e. The average Bonchev–Trinajstić information content (AvgIpc) is 2.42. The molecule has 4 heteroatoms. The molecule has 0 aliphatic carbocycles. The summed E-state index contributed by atoms with van der Waals surface area (Å²) in [6.07, 6.45) is 5.37. The number of thioether (sulfide) groups is 1. The fraction of sp³-hybridized carbons (Fsp3) is 0.562. The molecule has 1 rings (SSSR count). The van der Waals surface area contributed by atoms with Crippen LogP contribution in [0.15, 0.2) is 18.2 Å². The van der Waals surface area contributed by atoms with E-state index in [0.717, 1.165) is 23.4 Å². The molecule has 0 aliphatic heterocycles. The number of nitrogens with two attached hydrogens (primary N) is 1. The van der Waals surface area contributed by atoms with Gasteiger partial charge in [-0.25, -0.2) is 0 Å². The summed E-state index contributed by atoms with van der Waals surface area (Å²) in [6, 6.07) is 5.58. The minimum atomic E-state index is 0.0767. The molecule has 0 spiro atoms. The summed E-state index contributed by atoms with van der Waals surface area (Å²) in [4.78, 5) is 11.8. The number of amides is 1. The monoisotopic (exact) mass is 294 g/mol. The molecule has 1 aromatic rings. The van der Waals surface area contributed by atoms with Crippen LogP contribution in [0.4, 0.5) is 11.4 Å². The number of rotatable bonds is 9. The van der Waals surface area contributed by atoms with Crippen molar-refractivity contribution < 1.29 is 4.79 Å². The lowest BCUT2D eigenvalue weighted by atomic mass is 10.1. The van der Waals surface area contributed by atoms with Crippen molar-refractivity contribution in [1.82, 2.24) is 0 Å². The molecule has 0 atom stereocenters. The van der Waals surface area contributed by atoms with Crippen molar-refractivity contribution >= 4 is 29.0 Å². The van der Waals surface area contributed by atoms with Crippen molar-refractivity contribution in [3.05, 3.63) is 23.8 Å². The minimum Gasteiger partial charge on any atom is -0.399 e. The van der Waals surface area contributed by atoms with Gasteiger partial charge in [-0.15, -0.1) is 0 Å². The predicted octanol–water partition coefficient (Wildman–Crippen LogP) is 4.22. The fourth-order valence-corrected chi connectivity index (χ4v) is 2.84. The topological polar surface area (TPSA) is 55.1 Å². The lowest BCUT2D eigenvalue weighted by molar-refractivity contribution is -0.116. The van der Waals surface area contributed by atoms with Gasteiger partial charge in [0.25, 0.3) is 0 Å². The summed E-state index contributed by atoms with van der Waals surface area (Å²) in [6.45, 7) is 4.19. The van der Waals surface area contributed by atoms with E-state index in [0.29, 0.717) is 12.1 Å². The van der Waals surface area contributed by atoms with Crippen LogP contribution in [0.2, 0.25) is 0 Å². The van der Waals surface area contributed by atoms with Gasteiger partial charge in [-0.1, -0.05) is 25.8 Å². The smallest absolute Gasteiger partial charge is 0.224 e. The molecule has 0 saturated carbocycles. The summed E-state index contributed by atoms with van der Waals surface area (Å²) in [5, 5.41) is 2.93. The van der Waals surface area contributed by atoms with E-state index in [1.165, 1.54) is 25.0 Å². The van der Waals surface area contributed by atoms with E-state index >= 15 is 0 Å². The number of unbranched alkanes of at least 4 members (excludes halogenated alkanes) is 2. The maximum atomic E-state index is 11.8. The number of anilines is 2. The van der Waals surface area contributed by atoms with Crippen LogP contribution in [-0.2, 0) is 4.79 Å². The Bertz CT molecular complexity index is 421. The summed E-state index contributed by atoms with van der Waals surface area (Å²) < 4.78 is 0. The van der Waals surface area contributed by atoms with Gasteiger partial charge in [-0.2, -0.15) is 11.8 Å². The molecular formula is C16H26N2OS. The first-order valence-corrected chi connectivity index (χ1v) is 8.52. The molecule has 3 nitrogen and oxygen atoms in total. The molecule has 0 fully saturated rings. The normalized spacial score (nSPS) is 10.5. The minimum absolute atomic E-state index is 0.0767. The Morgan fingerprint density at radius 3 is 2.75 bits per heavy atom. The summed E-state index contributed by atoms with van der Waals surface area (Å²) in [7, 11) is 0. The third-order valence-corrected chi connectivity index (χ3v) is 4.28. The summed E-state index contributed by atoms with van der Waals surface area (Å²) in [5.41, 5.74) is 8.27. The number of nitrogen functional groups attached to an aromatic ring is 1. The number of benzene rings is 1. The number of carbonyl (C=O) groups is 1. The van der Waals surface area contributed by atoms with Crippen molar-refractivity contribution in [2.75, 3.05) is 22.6 Å². The summed E-state index contributed by atoms with van der Waals surface area (Å²) in [5.74, 6) is 2.35. The average molecular weight is 294 g/mol. The highest BCUT2D eigenvalue weighted by Gasteiger charge is 2.05. The molecule has 0 aromatic heterocycles. The Morgan fingerprint density at radius 2 is 2.00 bits per heavy atom. The maximum absolute atomic E-state index is 11.8. The standard InChI is InChI=1S/C16H26N2OS/c1-3-4-5-10-20-11-6-7-16(19)18-15-12-14(17)9-8-13(15)2/h8-9,12H,3-7,10-11,17H2,1-2H3,(H,18,19). The molecule has 0 bridgehead atoms. The van der Waals surface area contributed by atoms with E-state index in [1.807, 2.05) is 36.9 Å². The first-order valence-electron chi connectivity index (χ1n) is 7.37. The number of carbonyl (C=O) groups excluding carboxylic acids is 1. The lowest BCUT2D eigenvalue weighted by Gasteiger charge is -2.09. The second-order valence-corrected chi connectivity index (χ2v) is 6.27. The van der Waals surface area contributed by atoms with Gasteiger partial charge in [0.1, 0.15) is 0 Å². The van der Waals surface area contributed by atoms with E-state index in [-0.39, 0.29) is 5.91 Å². The Balaban J connectivity index is 2.19. The Hall–Kier alpha value is -1.16. The molecule has 0 heterocycles. The molecule has 3 N–H and O–H groups in total. The second kappa shape index (κ2) is 9.70. The Kier molecular flexibility index (Phi) is 8.19. The van der Waals surface area contributed by atoms with E-state index in [9.17, 15) is 4.79 Å². The van der Waals surface area contributed by atoms with Gasteiger partial charge in [-0.05, 0) is 49.0 Å². The first-order chi connectivity index (χ1) is 9.63. The van der Waals surface area contributed by atoms with Crippen LogP contribution in [0.5, 0.6) is 0 Å². The molecule has 0 saturated heterocycles. The third kappa shape index (κ3) is 6.85. The van der Waals surface area contributed by atoms with E-state index < -0.39 is 0 Å². The molecular weight excluding hydrogens is 268 g/mol. The lowest BCUT2D eigenvalue weighted by Crippen LogP contribution is -2.12. The van der Waals surface area contributed by atoms with Crippen LogP contribution in [-0.4, -0.2) is 17.4 Å². The van der Waals surface area contributed by atoms with Crippen LogP contribution in [0.25, 0.3) is 0 Å². The van der Waals surface area contributed by atoms with Gasteiger partial charge < -0.3 is 11.1 Å². The van der Waals surface area contributed by atoms with Crippen molar-refractivity contribution in [3.63, 3.8) is 0 Å². The fourth-order valence-electron chi connectivity index (χ4n) is 1.88. The van der Waals surface area contributed by atoms with Gasteiger partial charge in [-0.3, -0.25) is 4.79 Å². The first kappa shape index (κ1) is 16.9. The zero-order valence-corrected chi connectivity index (χ0v) is 13.4. The van der Waals surface area contributed by atoms with Gasteiger partial charge in [0, 0.05) is 17.8 Å². The van der Waals surface area contributed by atoms with Crippen molar-refractivity contribution in [3.8, 4) is 0 Å². The van der Waals surface area contributed by atoms with Crippen LogP contribution < -0.4 is 11.1 Å². The van der Waals surface area contributed by atoms with E-state index in [2.05, 4.69) is 12.2 Å². The van der Waals surface area contributed by atoms with Crippen LogP contribution in [0.1, 0.15) is 44.6 Å². The molecule has 0 aliphatic rings. The molecule has 0 radical (unpaired) electrons. The number of aryl methyl sites for hydroxylation is 1. The quantitative estimate of drug-likeness (QED) is 0.529. The Morgan fingerprint density at radius 1 is 1.25 bits per heavy atom. The molecule has 1 amide bonds. The molecule has 20 heavy (non-hydrogen) atoms. The zero-order valence-electron chi connectivity index (χ0n) is 12.6. The predicted molar refractivity (Wildman–Crippen MR) is 90.3 cm³/mol. The molecule has 1 aromatic carbocycles. The van der Waals surface area contributed by atoms with Gasteiger partial charge in [0.15, 0.2) is 0 Å².